The van der Waals surface area contributed by atoms with E-state index in [1.807, 2.05) is 0 Å². The molecule has 4 bridgehead atoms. The average molecular weight is 240 g/mol. The predicted molar refractivity (Wildman–Crippen MR) is 71.7 cm³/mol. The second kappa shape index (κ2) is 2.38. The van der Waals surface area contributed by atoms with Gasteiger partial charge in [-0.3, -0.25) is 0 Å². The highest BCUT2D eigenvalue weighted by molar-refractivity contribution is 5.38. The molecule has 6 rings (SSSR count). The molecule has 18 heavy (non-hydrogen) atoms. The maximum absolute atomic E-state index is 2.71. The van der Waals surface area contributed by atoms with E-state index in [-0.39, 0.29) is 0 Å². The average Bonchev–Trinajstić information content (AvgIpc) is 3.12. The summed E-state index contributed by atoms with van der Waals surface area (Å²) in [4.78, 5) is 0. The van der Waals surface area contributed by atoms with Gasteiger partial charge in [0.05, 0.1) is 0 Å². The monoisotopic (exact) mass is 240 g/mol. The molecule has 96 valence electrons. The molecule has 0 unspecified atom stereocenters. The number of rotatable bonds is 0. The van der Waals surface area contributed by atoms with Crippen LogP contribution in [0.4, 0.5) is 0 Å². The maximum Gasteiger partial charge on any atom is -0.0191 e. The van der Waals surface area contributed by atoms with Gasteiger partial charge in [-0.2, -0.15) is 0 Å². The second-order valence-electron chi connectivity index (χ2n) is 8.95. The summed E-state index contributed by atoms with van der Waals surface area (Å²) < 4.78 is 0. The van der Waals surface area contributed by atoms with Gasteiger partial charge in [-0.25, -0.2) is 0 Å². The lowest BCUT2D eigenvalue weighted by Crippen LogP contribution is -2.80. The van der Waals surface area contributed by atoms with Crippen molar-refractivity contribution in [3.05, 3.63) is 12.2 Å². The quantitative estimate of drug-likeness (QED) is 0.559. The van der Waals surface area contributed by atoms with Crippen molar-refractivity contribution in [3.63, 3.8) is 0 Å². The zero-order chi connectivity index (χ0) is 11.9. The zero-order valence-corrected chi connectivity index (χ0v) is 11.6. The highest BCUT2D eigenvalue weighted by Crippen LogP contribution is 2.91. The Hall–Kier alpha value is -0.260. The molecule has 0 saturated heterocycles. The van der Waals surface area contributed by atoms with Crippen molar-refractivity contribution in [1.29, 1.82) is 0 Å². The Balaban J connectivity index is 1.53. The first-order valence-electron chi connectivity index (χ1n) is 8.35. The van der Waals surface area contributed by atoms with Crippen LogP contribution < -0.4 is 0 Å². The van der Waals surface area contributed by atoms with Crippen molar-refractivity contribution in [2.45, 2.75) is 39.5 Å². The normalized spacial score (nSPS) is 76.8. The van der Waals surface area contributed by atoms with Crippen LogP contribution in [0.25, 0.3) is 0 Å². The lowest BCUT2D eigenvalue weighted by Gasteiger charge is -2.84. The molecular weight excluding hydrogens is 216 g/mol. The van der Waals surface area contributed by atoms with Crippen LogP contribution in [0.1, 0.15) is 39.5 Å². The van der Waals surface area contributed by atoms with Crippen LogP contribution >= 0.6 is 0 Å². The van der Waals surface area contributed by atoms with Gasteiger partial charge < -0.3 is 0 Å². The minimum atomic E-state index is 0.756. The molecule has 0 aliphatic heterocycles. The van der Waals surface area contributed by atoms with Crippen LogP contribution in [0.2, 0.25) is 0 Å². The van der Waals surface area contributed by atoms with E-state index >= 15 is 0 Å². The van der Waals surface area contributed by atoms with E-state index in [4.69, 9.17) is 0 Å². The third-order valence-electron chi connectivity index (χ3n) is 9.31. The first kappa shape index (κ1) is 9.61. The largest absolute Gasteiger partial charge is 0.0848 e. The fourth-order valence-electron chi connectivity index (χ4n) is 9.16. The molecule has 0 heteroatoms. The fraction of sp³-hybridized carbons (Fsp3) is 0.889. The van der Waals surface area contributed by atoms with Gasteiger partial charge in [-0.15, -0.1) is 0 Å². The summed E-state index contributed by atoms with van der Waals surface area (Å²) in [5.74, 6) is 8.74. The number of hydrogen-bond acceptors (Lipinski definition) is 0. The molecule has 0 spiro atoms. The molecular formula is C18H24. The molecule has 0 amide bonds. The van der Waals surface area contributed by atoms with Crippen molar-refractivity contribution in [2.24, 2.45) is 58.2 Å². The van der Waals surface area contributed by atoms with Crippen LogP contribution in [-0.2, 0) is 0 Å². The van der Waals surface area contributed by atoms with E-state index in [9.17, 15) is 0 Å². The molecule has 0 radical (unpaired) electrons. The summed E-state index contributed by atoms with van der Waals surface area (Å²) >= 11 is 0. The first-order chi connectivity index (χ1) is 8.67. The summed E-state index contributed by atoms with van der Waals surface area (Å²) in [7, 11) is 0. The van der Waals surface area contributed by atoms with E-state index < -0.39 is 0 Å². The van der Waals surface area contributed by atoms with Crippen LogP contribution in [-0.4, -0.2) is 0 Å². The van der Waals surface area contributed by atoms with Crippen molar-refractivity contribution in [2.75, 3.05) is 0 Å². The number of allylic oxidation sites excluding steroid dienone is 2. The van der Waals surface area contributed by atoms with Crippen molar-refractivity contribution in [3.8, 4) is 0 Å². The summed E-state index contributed by atoms with van der Waals surface area (Å²) in [6.07, 6.45) is 11.5. The van der Waals surface area contributed by atoms with E-state index in [1.165, 1.54) is 6.42 Å². The van der Waals surface area contributed by atoms with E-state index in [0.29, 0.717) is 0 Å². The maximum atomic E-state index is 2.71. The van der Waals surface area contributed by atoms with Gasteiger partial charge in [0.1, 0.15) is 0 Å². The minimum absolute atomic E-state index is 0.756. The molecule has 10 atom stereocenters. The Morgan fingerprint density at radius 3 is 1.72 bits per heavy atom. The van der Waals surface area contributed by atoms with Crippen molar-refractivity contribution >= 4 is 0 Å². The van der Waals surface area contributed by atoms with E-state index in [2.05, 4.69) is 26.0 Å². The Bertz CT molecular complexity index is 448. The van der Waals surface area contributed by atoms with Gasteiger partial charge in [0, 0.05) is 0 Å². The van der Waals surface area contributed by atoms with Gasteiger partial charge in [0.2, 0.25) is 0 Å². The molecule has 0 heterocycles. The van der Waals surface area contributed by atoms with Crippen molar-refractivity contribution < 1.29 is 0 Å². The Labute approximate surface area is 110 Å². The molecule has 0 nitrogen and oxygen atoms in total. The summed E-state index contributed by atoms with van der Waals surface area (Å²) in [6, 6.07) is 0. The first-order valence-corrected chi connectivity index (χ1v) is 8.35. The molecule has 5 saturated carbocycles. The van der Waals surface area contributed by atoms with Gasteiger partial charge in [-0.05, 0) is 83.9 Å². The van der Waals surface area contributed by atoms with Gasteiger partial charge in [0.15, 0.2) is 0 Å². The summed E-state index contributed by atoms with van der Waals surface area (Å²) in [5, 5.41) is 0. The Morgan fingerprint density at radius 1 is 0.722 bits per heavy atom. The van der Waals surface area contributed by atoms with Crippen molar-refractivity contribution in [1.82, 2.24) is 0 Å². The SMILES string of the molecule is C[C@@]12[C@H]3[C@@H]4CC[C@@H](C4)[C@H]3[C@]1(C)[C@@H]1[C@H]2[C@H]2C=C[C@@H]1C2. The summed E-state index contributed by atoms with van der Waals surface area (Å²) in [5.41, 5.74) is 1.51. The Morgan fingerprint density at radius 2 is 1.22 bits per heavy atom. The smallest absolute Gasteiger partial charge is 0.0191 e. The van der Waals surface area contributed by atoms with Crippen LogP contribution in [0, 0.1) is 58.2 Å². The van der Waals surface area contributed by atoms with Gasteiger partial charge >= 0.3 is 0 Å². The molecule has 6 aliphatic rings. The number of hydrogen-bond donors (Lipinski definition) is 0. The van der Waals surface area contributed by atoms with Crippen LogP contribution in [0.5, 0.6) is 0 Å². The lowest BCUT2D eigenvalue weighted by atomic mass is 9.20. The van der Waals surface area contributed by atoms with Gasteiger partial charge in [0.25, 0.3) is 0 Å². The molecule has 0 aromatic carbocycles. The fourth-order valence-corrected chi connectivity index (χ4v) is 9.16. The highest BCUT2D eigenvalue weighted by Gasteiger charge is 2.87. The molecule has 0 aromatic rings. The number of fused-ring (bicyclic) bond motifs is 15. The standard InChI is InChI=1S/C18H24/c1-17-13-9-3-5-11(7-9)15(13)18(17,2)16-12-6-4-10(8-12)14(16)17/h3,5,9-16H,4,6-8H2,1-2H3/t9-,10+,11+,12-,13+,14-,15-,16+,17+,18-. The van der Waals surface area contributed by atoms with Crippen LogP contribution in [0.15, 0.2) is 12.2 Å². The predicted octanol–water partition coefficient (Wildman–Crippen LogP) is 4.13. The highest BCUT2D eigenvalue weighted by atomic mass is 14.9. The third kappa shape index (κ3) is 0.612. The lowest BCUT2D eigenvalue weighted by molar-refractivity contribution is -0.365. The molecule has 6 aliphatic carbocycles. The van der Waals surface area contributed by atoms with E-state index in [0.717, 1.165) is 58.2 Å². The minimum Gasteiger partial charge on any atom is -0.0848 e. The Kier molecular flexibility index (Phi) is 1.27. The molecule has 5 fully saturated rings. The van der Waals surface area contributed by atoms with E-state index in [1.54, 1.807) is 19.3 Å². The van der Waals surface area contributed by atoms with Gasteiger partial charge in [-0.1, -0.05) is 26.0 Å². The topological polar surface area (TPSA) is 0 Å². The molecule has 0 aromatic heterocycles. The van der Waals surface area contributed by atoms with Crippen LogP contribution in [0.3, 0.4) is 0 Å². The second-order valence-corrected chi connectivity index (χ2v) is 8.95. The zero-order valence-electron chi connectivity index (χ0n) is 11.6. The summed E-state index contributed by atoms with van der Waals surface area (Å²) in [6.45, 7) is 5.43. The molecule has 0 N–H and O–H groups in total. The third-order valence-corrected chi connectivity index (χ3v) is 9.31.